The third-order valence-electron chi connectivity index (χ3n) is 4.56. The highest BCUT2D eigenvalue weighted by Gasteiger charge is 2.39. The lowest BCUT2D eigenvalue weighted by atomic mass is 9.95. The van der Waals surface area contributed by atoms with E-state index in [9.17, 15) is 4.79 Å². The second-order valence-electron chi connectivity index (χ2n) is 6.12. The van der Waals surface area contributed by atoms with Gasteiger partial charge in [0.2, 0.25) is 5.88 Å². The number of nitrogens with zero attached hydrogens (tertiary/aromatic N) is 1. The lowest BCUT2D eigenvalue weighted by Crippen LogP contribution is -2.42. The summed E-state index contributed by atoms with van der Waals surface area (Å²) >= 11 is 1.34. The van der Waals surface area contributed by atoms with Crippen molar-refractivity contribution in [2.45, 2.75) is 37.4 Å². The molecule has 2 aromatic heterocycles. The number of carbonyl (C=O) groups excluding carboxylic acids is 1. The van der Waals surface area contributed by atoms with Gasteiger partial charge in [-0.2, -0.15) is 0 Å². The molecule has 1 amide bonds. The highest BCUT2D eigenvalue weighted by Crippen LogP contribution is 2.32. The molecule has 2 bridgehead atoms. The Morgan fingerprint density at radius 3 is 3.04 bits per heavy atom. The van der Waals surface area contributed by atoms with Gasteiger partial charge in [0.15, 0.2) is 5.06 Å². The van der Waals surface area contributed by atoms with E-state index in [4.69, 9.17) is 9.47 Å². The van der Waals surface area contributed by atoms with Crippen LogP contribution in [0.25, 0.3) is 0 Å². The van der Waals surface area contributed by atoms with Crippen molar-refractivity contribution in [3.8, 4) is 16.7 Å². The predicted molar refractivity (Wildman–Crippen MR) is 91.0 cm³/mol. The number of fused-ring (bicyclic) bond motifs is 2. The molecule has 2 fully saturated rings. The molecule has 0 spiro atoms. The van der Waals surface area contributed by atoms with E-state index >= 15 is 0 Å². The van der Waals surface area contributed by atoms with Crippen LogP contribution in [0.4, 0.5) is 0 Å². The number of aromatic nitrogens is 1. The maximum atomic E-state index is 12.4. The molecule has 2 aliphatic heterocycles. The Balaban J connectivity index is 1.39. The van der Waals surface area contributed by atoms with Crippen LogP contribution in [0.3, 0.4) is 0 Å². The summed E-state index contributed by atoms with van der Waals surface area (Å²) in [6.45, 7) is 0. The van der Waals surface area contributed by atoms with E-state index in [1.807, 2.05) is 6.07 Å². The maximum absolute atomic E-state index is 12.4. The van der Waals surface area contributed by atoms with Gasteiger partial charge in [0.25, 0.3) is 5.91 Å². The van der Waals surface area contributed by atoms with Crippen LogP contribution < -0.4 is 20.1 Å². The van der Waals surface area contributed by atoms with Gasteiger partial charge in [-0.3, -0.25) is 4.79 Å². The Hall–Kier alpha value is -2.12. The van der Waals surface area contributed by atoms with Gasteiger partial charge in [-0.25, -0.2) is 4.98 Å². The summed E-state index contributed by atoms with van der Waals surface area (Å²) in [6, 6.07) is 8.32. The Morgan fingerprint density at radius 1 is 1.38 bits per heavy atom. The molecule has 6 nitrogen and oxygen atoms in total. The van der Waals surface area contributed by atoms with E-state index in [-0.39, 0.29) is 11.9 Å². The molecule has 4 rings (SSSR count). The molecule has 2 saturated heterocycles. The number of carbonyl (C=O) groups is 1. The fourth-order valence-corrected chi connectivity index (χ4v) is 4.18. The topological polar surface area (TPSA) is 72.5 Å². The van der Waals surface area contributed by atoms with E-state index in [0.29, 0.717) is 33.7 Å². The lowest BCUT2D eigenvalue weighted by molar-refractivity contribution is 0.0935. The first-order valence-electron chi connectivity index (χ1n) is 8.06. The average molecular weight is 345 g/mol. The normalized spacial score (nSPS) is 24.8. The smallest absolute Gasteiger partial charge is 0.261 e. The number of hydrogen-bond donors (Lipinski definition) is 2. The van der Waals surface area contributed by atoms with E-state index in [2.05, 4.69) is 15.6 Å². The predicted octanol–water partition coefficient (Wildman–Crippen LogP) is 2.57. The molecule has 4 heterocycles. The van der Waals surface area contributed by atoms with Gasteiger partial charge >= 0.3 is 0 Å². The molecule has 0 aliphatic carbocycles. The fraction of sp³-hybridized carbons (Fsp3) is 0.412. The number of thiophene rings is 1. The molecule has 0 radical (unpaired) electrons. The summed E-state index contributed by atoms with van der Waals surface area (Å²) in [5, 5.41) is 7.34. The van der Waals surface area contributed by atoms with Gasteiger partial charge in [0, 0.05) is 30.4 Å². The second-order valence-corrected chi connectivity index (χ2v) is 7.16. The summed E-state index contributed by atoms with van der Waals surface area (Å²) in [5.41, 5.74) is 0. The third kappa shape index (κ3) is 3.09. The monoisotopic (exact) mass is 345 g/mol. The van der Waals surface area contributed by atoms with Crippen LogP contribution in [0.1, 0.15) is 28.9 Å². The molecule has 3 atom stereocenters. The van der Waals surface area contributed by atoms with Gasteiger partial charge < -0.3 is 20.1 Å². The Kier molecular flexibility index (Phi) is 4.12. The van der Waals surface area contributed by atoms with Crippen molar-refractivity contribution in [3.63, 3.8) is 0 Å². The van der Waals surface area contributed by atoms with Crippen molar-refractivity contribution in [1.82, 2.24) is 15.6 Å². The molecule has 0 unspecified atom stereocenters. The van der Waals surface area contributed by atoms with Crippen LogP contribution in [0.5, 0.6) is 16.7 Å². The fourth-order valence-electron chi connectivity index (χ4n) is 3.40. The van der Waals surface area contributed by atoms with E-state index in [1.54, 1.807) is 31.5 Å². The molecule has 7 heteroatoms. The quantitative estimate of drug-likeness (QED) is 0.871. The summed E-state index contributed by atoms with van der Waals surface area (Å²) in [5.74, 6) is 1.10. The van der Waals surface area contributed by atoms with Gasteiger partial charge in [-0.15, -0.1) is 0 Å². The minimum Gasteiger partial charge on any atom is -0.481 e. The third-order valence-corrected chi connectivity index (χ3v) is 5.52. The van der Waals surface area contributed by atoms with E-state index < -0.39 is 0 Å². The number of pyridine rings is 1. The Morgan fingerprint density at radius 2 is 2.29 bits per heavy atom. The summed E-state index contributed by atoms with van der Waals surface area (Å²) in [7, 11) is 1.56. The average Bonchev–Trinajstić information content (AvgIpc) is 3.31. The van der Waals surface area contributed by atoms with E-state index in [0.717, 1.165) is 12.8 Å². The zero-order valence-corrected chi connectivity index (χ0v) is 14.1. The summed E-state index contributed by atoms with van der Waals surface area (Å²) < 4.78 is 10.9. The molecule has 24 heavy (non-hydrogen) atoms. The molecule has 126 valence electrons. The summed E-state index contributed by atoms with van der Waals surface area (Å²) in [4.78, 5) is 17.1. The lowest BCUT2D eigenvalue weighted by Gasteiger charge is -2.20. The molecule has 0 aromatic carbocycles. The Labute approximate surface area is 144 Å². The Bertz CT molecular complexity index is 748. The number of methoxy groups -OCH3 is 1. The minimum atomic E-state index is -0.0264. The van der Waals surface area contributed by atoms with Crippen LogP contribution in [-0.4, -0.2) is 36.1 Å². The minimum absolute atomic E-state index is 0.0264. The number of ether oxygens (including phenoxy) is 2. The standard InChI is InChI=1S/C17H19N3O3S/c1-22-15-9-11(6-7-18-15)23-16-5-4-14(24-16)17(21)20-13-8-10-2-3-12(13)19-10/h4-7,9-10,12-13,19H,2-3,8H2,1H3,(H,20,21)/t10-,12+,13-/m1/s1. The van der Waals surface area contributed by atoms with Crippen LogP contribution in [-0.2, 0) is 0 Å². The van der Waals surface area contributed by atoms with Gasteiger partial charge in [0.1, 0.15) is 5.75 Å². The summed E-state index contributed by atoms with van der Waals surface area (Å²) in [6.07, 6.45) is 5.03. The SMILES string of the molecule is COc1cc(Oc2ccc(C(=O)N[C@@H]3C[C@H]4CC[C@@H]3N4)s2)ccn1. The highest BCUT2D eigenvalue weighted by atomic mass is 32.1. The van der Waals surface area contributed by atoms with Crippen LogP contribution in [0, 0.1) is 0 Å². The van der Waals surface area contributed by atoms with Crippen molar-refractivity contribution in [1.29, 1.82) is 0 Å². The molecule has 2 aromatic rings. The van der Waals surface area contributed by atoms with Crippen molar-refractivity contribution in [2.24, 2.45) is 0 Å². The first-order chi connectivity index (χ1) is 11.7. The van der Waals surface area contributed by atoms with Crippen molar-refractivity contribution in [2.75, 3.05) is 7.11 Å². The van der Waals surface area contributed by atoms with Crippen molar-refractivity contribution >= 4 is 17.2 Å². The van der Waals surface area contributed by atoms with Gasteiger partial charge in [0.05, 0.1) is 12.0 Å². The second kappa shape index (κ2) is 6.41. The largest absolute Gasteiger partial charge is 0.481 e. The van der Waals surface area contributed by atoms with Crippen molar-refractivity contribution in [3.05, 3.63) is 35.3 Å². The highest BCUT2D eigenvalue weighted by molar-refractivity contribution is 7.15. The van der Waals surface area contributed by atoms with Crippen molar-refractivity contribution < 1.29 is 14.3 Å². The zero-order valence-electron chi connectivity index (χ0n) is 13.3. The number of hydrogen-bond acceptors (Lipinski definition) is 6. The van der Waals surface area contributed by atoms with Crippen LogP contribution in [0.15, 0.2) is 30.5 Å². The molecular formula is C17H19N3O3S. The first-order valence-corrected chi connectivity index (χ1v) is 8.87. The number of rotatable bonds is 5. The molecule has 0 saturated carbocycles. The van der Waals surface area contributed by atoms with E-state index in [1.165, 1.54) is 17.8 Å². The molecular weight excluding hydrogens is 326 g/mol. The number of nitrogens with one attached hydrogen (secondary N) is 2. The molecule has 2 N–H and O–H groups in total. The molecule has 2 aliphatic rings. The van der Waals surface area contributed by atoms with Gasteiger partial charge in [-0.05, 0) is 37.5 Å². The first kappa shape index (κ1) is 15.4. The van der Waals surface area contributed by atoms with Crippen LogP contribution >= 0.6 is 11.3 Å². The number of amides is 1. The van der Waals surface area contributed by atoms with Crippen LogP contribution in [0.2, 0.25) is 0 Å². The maximum Gasteiger partial charge on any atom is 0.261 e. The zero-order chi connectivity index (χ0) is 16.5. The van der Waals surface area contributed by atoms with Gasteiger partial charge in [-0.1, -0.05) is 11.3 Å².